The van der Waals surface area contributed by atoms with Crippen LogP contribution in [0.3, 0.4) is 0 Å². The summed E-state index contributed by atoms with van der Waals surface area (Å²) in [5.74, 6) is 0.660. The van der Waals surface area contributed by atoms with Gasteiger partial charge in [0, 0.05) is 31.7 Å². The number of nitrogens with zero attached hydrogens (tertiary/aromatic N) is 5. The maximum Gasteiger partial charge on any atom is 0.263 e. The smallest absolute Gasteiger partial charge is 0.263 e. The predicted octanol–water partition coefficient (Wildman–Crippen LogP) is 3.01. The highest BCUT2D eigenvalue weighted by molar-refractivity contribution is 5.81. The maximum absolute atomic E-state index is 13.7. The fraction of sp³-hybridized carbons (Fsp3) is 0.346. The summed E-state index contributed by atoms with van der Waals surface area (Å²) in [6, 6.07) is 17.2. The molecule has 7 heteroatoms. The molecule has 170 valence electrons. The molecule has 0 amide bonds. The Balaban J connectivity index is 1.84. The first-order valence-electron chi connectivity index (χ1n) is 11.2. The van der Waals surface area contributed by atoms with Gasteiger partial charge in [-0.05, 0) is 50.2 Å². The molecule has 0 radical (unpaired) electrons. The second kappa shape index (κ2) is 9.57. The Morgan fingerprint density at radius 1 is 1.06 bits per heavy atom. The number of hydrogen-bond acceptors (Lipinski definition) is 6. The van der Waals surface area contributed by atoms with Crippen molar-refractivity contribution in [3.8, 4) is 28.5 Å². The molecule has 1 saturated heterocycles. The summed E-state index contributed by atoms with van der Waals surface area (Å²) in [5.41, 5.74) is 3.87. The van der Waals surface area contributed by atoms with Crippen LogP contribution in [0, 0.1) is 11.3 Å². The zero-order valence-corrected chi connectivity index (χ0v) is 19.3. The van der Waals surface area contributed by atoms with E-state index in [0.29, 0.717) is 28.8 Å². The van der Waals surface area contributed by atoms with Crippen molar-refractivity contribution in [3.63, 3.8) is 0 Å². The summed E-state index contributed by atoms with van der Waals surface area (Å²) >= 11 is 0. The lowest BCUT2D eigenvalue weighted by Crippen LogP contribution is -2.44. The lowest BCUT2D eigenvalue weighted by Gasteiger charge is -2.36. The van der Waals surface area contributed by atoms with Crippen molar-refractivity contribution >= 4 is 5.95 Å². The monoisotopic (exact) mass is 443 g/mol. The Morgan fingerprint density at radius 2 is 1.67 bits per heavy atom. The van der Waals surface area contributed by atoms with Gasteiger partial charge in [0.1, 0.15) is 0 Å². The number of benzene rings is 2. The number of rotatable bonds is 5. The van der Waals surface area contributed by atoms with Crippen molar-refractivity contribution in [2.45, 2.75) is 25.5 Å². The van der Waals surface area contributed by atoms with E-state index in [9.17, 15) is 15.2 Å². The zero-order chi connectivity index (χ0) is 23.5. The SMILES string of the molecule is CN(C)C1CCN(c2nc(-c3ccc(C#N)cc3)c(-c3ccc(CO)cc3)c(=O)n2C)CC1. The van der Waals surface area contributed by atoms with E-state index in [1.807, 2.05) is 36.4 Å². The van der Waals surface area contributed by atoms with Crippen LogP contribution in [0.25, 0.3) is 22.4 Å². The molecule has 0 bridgehead atoms. The van der Waals surface area contributed by atoms with Gasteiger partial charge < -0.3 is 14.9 Å². The van der Waals surface area contributed by atoms with E-state index >= 15 is 0 Å². The van der Waals surface area contributed by atoms with Crippen LogP contribution in [-0.4, -0.2) is 52.8 Å². The molecule has 1 aliphatic heterocycles. The van der Waals surface area contributed by atoms with Crippen LogP contribution < -0.4 is 10.5 Å². The number of hydrogen-bond donors (Lipinski definition) is 1. The van der Waals surface area contributed by atoms with E-state index in [1.165, 1.54) is 0 Å². The Bertz CT molecular complexity index is 1220. The summed E-state index contributed by atoms with van der Waals surface area (Å²) < 4.78 is 1.64. The molecule has 4 rings (SSSR count). The van der Waals surface area contributed by atoms with Crippen molar-refractivity contribution < 1.29 is 5.11 Å². The maximum atomic E-state index is 13.7. The standard InChI is InChI=1S/C26H29N5O2/c1-29(2)22-12-14-31(15-13-22)26-28-24(21-10-4-18(16-27)5-11-21)23(25(33)30(26)3)20-8-6-19(17-32)7-9-20/h4-11,22,32H,12-15,17H2,1-3H3. The molecular weight excluding hydrogens is 414 g/mol. The summed E-state index contributed by atoms with van der Waals surface area (Å²) in [6.07, 6.45) is 2.03. The van der Waals surface area contributed by atoms with Crippen molar-refractivity contribution in [3.05, 3.63) is 70.0 Å². The number of anilines is 1. The van der Waals surface area contributed by atoms with E-state index in [2.05, 4.69) is 30.0 Å². The quantitative estimate of drug-likeness (QED) is 0.653. The van der Waals surface area contributed by atoms with Crippen molar-refractivity contribution in [2.24, 2.45) is 7.05 Å². The minimum Gasteiger partial charge on any atom is -0.392 e. The van der Waals surface area contributed by atoms with Crippen LogP contribution in [0.1, 0.15) is 24.0 Å². The Labute approximate surface area is 194 Å². The molecule has 3 aromatic rings. The Kier molecular flexibility index (Phi) is 6.59. The fourth-order valence-electron chi connectivity index (χ4n) is 4.40. The van der Waals surface area contributed by atoms with Crippen LogP contribution in [0.5, 0.6) is 0 Å². The molecule has 1 aliphatic rings. The molecule has 0 saturated carbocycles. The number of aliphatic hydroxyl groups excluding tert-OH is 1. The number of piperidine rings is 1. The van der Waals surface area contributed by atoms with Crippen LogP contribution in [-0.2, 0) is 13.7 Å². The molecule has 0 spiro atoms. The van der Waals surface area contributed by atoms with E-state index < -0.39 is 0 Å². The minimum absolute atomic E-state index is 0.0547. The van der Waals surface area contributed by atoms with Gasteiger partial charge in [-0.15, -0.1) is 0 Å². The van der Waals surface area contributed by atoms with E-state index in [-0.39, 0.29) is 12.2 Å². The summed E-state index contributed by atoms with van der Waals surface area (Å²) in [5, 5.41) is 18.6. The first kappa shape index (κ1) is 22.7. The second-order valence-electron chi connectivity index (χ2n) is 8.73. The minimum atomic E-state index is -0.120. The van der Waals surface area contributed by atoms with E-state index in [4.69, 9.17) is 4.98 Å². The van der Waals surface area contributed by atoms with Crippen LogP contribution in [0.2, 0.25) is 0 Å². The molecule has 1 fully saturated rings. The van der Waals surface area contributed by atoms with Gasteiger partial charge in [-0.3, -0.25) is 9.36 Å². The van der Waals surface area contributed by atoms with Gasteiger partial charge in [0.25, 0.3) is 5.56 Å². The molecule has 7 nitrogen and oxygen atoms in total. The molecule has 33 heavy (non-hydrogen) atoms. The molecule has 2 heterocycles. The molecule has 0 unspecified atom stereocenters. The Morgan fingerprint density at radius 3 is 2.21 bits per heavy atom. The molecule has 2 aromatic carbocycles. The number of nitriles is 1. The van der Waals surface area contributed by atoms with Crippen LogP contribution in [0.4, 0.5) is 5.95 Å². The highest BCUT2D eigenvalue weighted by atomic mass is 16.3. The predicted molar refractivity (Wildman–Crippen MR) is 130 cm³/mol. The topological polar surface area (TPSA) is 85.4 Å². The van der Waals surface area contributed by atoms with Crippen molar-refractivity contribution in [1.29, 1.82) is 5.26 Å². The van der Waals surface area contributed by atoms with Crippen molar-refractivity contribution in [1.82, 2.24) is 14.5 Å². The summed E-state index contributed by atoms with van der Waals surface area (Å²) in [7, 11) is 5.99. The third-order valence-electron chi connectivity index (χ3n) is 6.46. The van der Waals surface area contributed by atoms with Gasteiger partial charge in [0.2, 0.25) is 5.95 Å². The second-order valence-corrected chi connectivity index (χ2v) is 8.73. The normalized spacial score (nSPS) is 14.5. The number of aliphatic hydroxyl groups is 1. The zero-order valence-electron chi connectivity index (χ0n) is 19.3. The molecule has 1 N–H and O–H groups in total. The lowest BCUT2D eigenvalue weighted by atomic mass is 9.98. The van der Waals surface area contributed by atoms with Gasteiger partial charge in [-0.1, -0.05) is 36.4 Å². The summed E-state index contributed by atoms with van der Waals surface area (Å²) in [6.45, 7) is 1.61. The van der Waals surface area contributed by atoms with Gasteiger partial charge in [0.15, 0.2) is 0 Å². The van der Waals surface area contributed by atoms with E-state index in [1.54, 1.807) is 23.7 Å². The molecule has 0 atom stereocenters. The Hall–Kier alpha value is -3.47. The highest BCUT2D eigenvalue weighted by Gasteiger charge is 2.26. The number of aromatic nitrogens is 2. The van der Waals surface area contributed by atoms with Gasteiger partial charge in [0.05, 0.1) is 29.5 Å². The average Bonchev–Trinajstić information content (AvgIpc) is 2.86. The highest BCUT2D eigenvalue weighted by Crippen LogP contribution is 2.31. The van der Waals surface area contributed by atoms with E-state index in [0.717, 1.165) is 42.6 Å². The van der Waals surface area contributed by atoms with Gasteiger partial charge in [-0.2, -0.15) is 5.26 Å². The lowest BCUT2D eigenvalue weighted by molar-refractivity contribution is 0.248. The molecule has 0 aliphatic carbocycles. The van der Waals surface area contributed by atoms with Crippen molar-refractivity contribution in [2.75, 3.05) is 32.1 Å². The summed E-state index contributed by atoms with van der Waals surface area (Å²) in [4.78, 5) is 23.1. The first-order chi connectivity index (χ1) is 15.9. The molecule has 1 aromatic heterocycles. The largest absolute Gasteiger partial charge is 0.392 e. The van der Waals surface area contributed by atoms with Gasteiger partial charge >= 0.3 is 0 Å². The van der Waals surface area contributed by atoms with Crippen LogP contribution >= 0.6 is 0 Å². The first-order valence-corrected chi connectivity index (χ1v) is 11.2. The average molecular weight is 444 g/mol. The van der Waals surface area contributed by atoms with Crippen LogP contribution in [0.15, 0.2) is 53.3 Å². The third-order valence-corrected chi connectivity index (χ3v) is 6.46. The molecular formula is C26H29N5O2. The third kappa shape index (κ3) is 4.54. The van der Waals surface area contributed by atoms with Gasteiger partial charge in [-0.25, -0.2) is 4.98 Å². The fourth-order valence-corrected chi connectivity index (χ4v) is 4.40.